The summed E-state index contributed by atoms with van der Waals surface area (Å²) in [6, 6.07) is 6.80. The number of ether oxygens (including phenoxy) is 2. The van der Waals surface area contributed by atoms with Crippen LogP contribution in [0.2, 0.25) is 0 Å². The van der Waals surface area contributed by atoms with Crippen molar-refractivity contribution in [3.8, 4) is 5.75 Å². The van der Waals surface area contributed by atoms with E-state index in [1.54, 1.807) is 43.7 Å². The largest absolute Gasteiger partial charge is 0.496 e. The van der Waals surface area contributed by atoms with Gasteiger partial charge in [0.15, 0.2) is 6.61 Å². The van der Waals surface area contributed by atoms with E-state index in [1.807, 2.05) is 16.8 Å². The van der Waals surface area contributed by atoms with E-state index < -0.39 is 5.97 Å². The number of esters is 1. The summed E-state index contributed by atoms with van der Waals surface area (Å²) < 4.78 is 10.8. The van der Waals surface area contributed by atoms with Crippen LogP contribution in [0.25, 0.3) is 0 Å². The lowest BCUT2D eigenvalue weighted by molar-refractivity contribution is -0.133. The van der Waals surface area contributed by atoms with Gasteiger partial charge < -0.3 is 14.4 Å². The van der Waals surface area contributed by atoms with Gasteiger partial charge in [0.2, 0.25) is 0 Å². The third-order valence-electron chi connectivity index (χ3n) is 3.14. The molecule has 1 aromatic heterocycles. The van der Waals surface area contributed by atoms with Crippen molar-refractivity contribution in [2.24, 2.45) is 0 Å². The van der Waals surface area contributed by atoms with Crippen LogP contribution in [0, 0.1) is 0 Å². The number of hydrogen-bond donors (Lipinski definition) is 0. The Hall–Kier alpha value is -1.86. The van der Waals surface area contributed by atoms with Crippen molar-refractivity contribution in [2.75, 3.05) is 20.8 Å². The highest BCUT2D eigenvalue weighted by Gasteiger charge is 2.15. The molecule has 5 nitrogen and oxygen atoms in total. The van der Waals surface area contributed by atoms with Gasteiger partial charge in [0.25, 0.3) is 5.91 Å². The van der Waals surface area contributed by atoms with Gasteiger partial charge in [-0.25, -0.2) is 4.79 Å². The second-order valence-corrected chi connectivity index (χ2v) is 6.44. The molecule has 0 aliphatic rings. The Kier molecular flexibility index (Phi) is 6.18. The van der Waals surface area contributed by atoms with Crippen molar-refractivity contribution in [3.05, 3.63) is 50.6 Å². The lowest BCUT2D eigenvalue weighted by Crippen LogP contribution is -2.30. The molecule has 0 saturated carbocycles. The number of halogens is 1. The second kappa shape index (κ2) is 8.12. The van der Waals surface area contributed by atoms with E-state index in [2.05, 4.69) is 15.9 Å². The number of likely N-dealkylation sites (N-methyl/N-ethyl adjacent to an activating group) is 1. The minimum atomic E-state index is -0.550. The Morgan fingerprint density at radius 3 is 2.70 bits per heavy atom. The fraction of sp³-hybridized carbons (Fsp3) is 0.250. The number of carbonyl (C=O) groups is 2. The van der Waals surface area contributed by atoms with Crippen LogP contribution in [-0.4, -0.2) is 37.5 Å². The first kappa shape index (κ1) is 17.5. The standard InChI is InChI=1S/C16H16BrNO4S/c1-18(8-11-5-6-23-10-11)15(19)9-22-16(20)12-3-4-14(21-2)13(17)7-12/h3-7,10H,8-9H2,1-2H3. The van der Waals surface area contributed by atoms with Gasteiger partial charge in [-0.1, -0.05) is 0 Å². The number of amides is 1. The molecule has 1 aromatic carbocycles. The fourth-order valence-corrected chi connectivity index (χ4v) is 3.06. The van der Waals surface area contributed by atoms with E-state index in [1.165, 1.54) is 4.90 Å². The first-order valence-corrected chi connectivity index (χ1v) is 8.50. The monoisotopic (exact) mass is 397 g/mol. The predicted octanol–water partition coefficient (Wildman–Crippen LogP) is 3.33. The molecule has 0 unspecified atom stereocenters. The highest BCUT2D eigenvalue weighted by molar-refractivity contribution is 9.10. The van der Waals surface area contributed by atoms with E-state index in [0.29, 0.717) is 22.3 Å². The molecule has 0 atom stereocenters. The maximum Gasteiger partial charge on any atom is 0.338 e. The van der Waals surface area contributed by atoms with Crippen LogP contribution in [0.5, 0.6) is 5.75 Å². The summed E-state index contributed by atoms with van der Waals surface area (Å²) in [5, 5.41) is 3.93. The number of nitrogens with zero attached hydrogens (tertiary/aromatic N) is 1. The van der Waals surface area contributed by atoms with Crippen molar-refractivity contribution in [3.63, 3.8) is 0 Å². The first-order valence-electron chi connectivity index (χ1n) is 6.77. The molecule has 0 radical (unpaired) electrons. The zero-order chi connectivity index (χ0) is 16.8. The fourth-order valence-electron chi connectivity index (χ4n) is 1.86. The lowest BCUT2D eigenvalue weighted by Gasteiger charge is -2.16. The summed E-state index contributed by atoms with van der Waals surface area (Å²) in [5.74, 6) is -0.184. The second-order valence-electron chi connectivity index (χ2n) is 4.81. The van der Waals surface area contributed by atoms with Crippen LogP contribution in [-0.2, 0) is 16.1 Å². The summed E-state index contributed by atoms with van der Waals surface area (Å²) in [5.41, 5.74) is 1.40. The Balaban J connectivity index is 1.88. The van der Waals surface area contributed by atoms with Crippen molar-refractivity contribution >= 4 is 39.1 Å². The van der Waals surface area contributed by atoms with Crippen molar-refractivity contribution in [1.29, 1.82) is 0 Å². The third-order valence-corrected chi connectivity index (χ3v) is 4.49. The number of hydrogen-bond acceptors (Lipinski definition) is 5. The van der Waals surface area contributed by atoms with E-state index >= 15 is 0 Å². The summed E-state index contributed by atoms with van der Waals surface area (Å²) in [6.07, 6.45) is 0. The van der Waals surface area contributed by atoms with Crippen molar-refractivity contribution < 1.29 is 19.1 Å². The summed E-state index contributed by atoms with van der Waals surface area (Å²) in [7, 11) is 3.22. The Labute approximate surface area is 146 Å². The molecule has 122 valence electrons. The average molecular weight is 398 g/mol. The van der Waals surface area contributed by atoms with E-state index in [-0.39, 0.29) is 12.5 Å². The molecule has 1 heterocycles. The first-order chi connectivity index (χ1) is 11.0. The van der Waals surface area contributed by atoms with Crippen LogP contribution in [0.4, 0.5) is 0 Å². The molecular formula is C16H16BrNO4S. The van der Waals surface area contributed by atoms with Crippen LogP contribution < -0.4 is 4.74 Å². The van der Waals surface area contributed by atoms with Crippen LogP contribution in [0.1, 0.15) is 15.9 Å². The Morgan fingerprint density at radius 2 is 2.09 bits per heavy atom. The number of carbonyl (C=O) groups excluding carboxylic acids is 2. The van der Waals surface area contributed by atoms with Gasteiger partial charge >= 0.3 is 5.97 Å². The Morgan fingerprint density at radius 1 is 1.30 bits per heavy atom. The van der Waals surface area contributed by atoms with Crippen molar-refractivity contribution in [1.82, 2.24) is 4.90 Å². The Bertz CT molecular complexity index is 687. The predicted molar refractivity (Wildman–Crippen MR) is 91.8 cm³/mol. The molecule has 23 heavy (non-hydrogen) atoms. The summed E-state index contributed by atoms with van der Waals surface area (Å²) >= 11 is 4.88. The average Bonchev–Trinajstić information content (AvgIpc) is 3.04. The molecule has 0 spiro atoms. The molecular weight excluding hydrogens is 382 g/mol. The van der Waals surface area contributed by atoms with E-state index in [0.717, 1.165) is 5.56 Å². The molecule has 0 saturated heterocycles. The molecule has 1 amide bonds. The third kappa shape index (κ3) is 4.80. The SMILES string of the molecule is COc1ccc(C(=O)OCC(=O)N(C)Cc2ccsc2)cc1Br. The topological polar surface area (TPSA) is 55.8 Å². The highest BCUT2D eigenvalue weighted by Crippen LogP contribution is 2.25. The normalized spacial score (nSPS) is 10.2. The zero-order valence-electron chi connectivity index (χ0n) is 12.7. The van der Waals surface area contributed by atoms with Gasteiger partial charge in [0.05, 0.1) is 17.1 Å². The van der Waals surface area contributed by atoms with Crippen molar-refractivity contribution in [2.45, 2.75) is 6.54 Å². The molecule has 0 N–H and O–H groups in total. The lowest BCUT2D eigenvalue weighted by atomic mass is 10.2. The molecule has 0 bridgehead atoms. The quantitative estimate of drug-likeness (QED) is 0.701. The smallest absolute Gasteiger partial charge is 0.338 e. The maximum atomic E-state index is 12.0. The molecule has 2 aromatic rings. The van der Waals surface area contributed by atoms with Crippen LogP contribution in [0.15, 0.2) is 39.5 Å². The van der Waals surface area contributed by atoms with Gasteiger partial charge in [0.1, 0.15) is 5.75 Å². The number of rotatable bonds is 6. The number of benzene rings is 1. The summed E-state index contributed by atoms with van der Waals surface area (Å²) in [4.78, 5) is 25.5. The van der Waals surface area contributed by atoms with Gasteiger partial charge in [-0.2, -0.15) is 11.3 Å². The highest BCUT2D eigenvalue weighted by atomic mass is 79.9. The van der Waals surface area contributed by atoms with Crippen LogP contribution >= 0.6 is 27.3 Å². The molecule has 0 fully saturated rings. The molecule has 2 rings (SSSR count). The zero-order valence-corrected chi connectivity index (χ0v) is 15.1. The van der Waals surface area contributed by atoms with Gasteiger partial charge in [0, 0.05) is 13.6 Å². The minimum absolute atomic E-state index is 0.253. The van der Waals surface area contributed by atoms with Gasteiger partial charge in [-0.05, 0) is 56.5 Å². The minimum Gasteiger partial charge on any atom is -0.496 e. The van der Waals surface area contributed by atoms with E-state index in [4.69, 9.17) is 9.47 Å². The molecule has 0 aliphatic heterocycles. The van der Waals surface area contributed by atoms with E-state index in [9.17, 15) is 9.59 Å². The van der Waals surface area contributed by atoms with Crippen LogP contribution in [0.3, 0.4) is 0 Å². The molecule has 0 aliphatic carbocycles. The van der Waals surface area contributed by atoms with Gasteiger partial charge in [-0.15, -0.1) is 0 Å². The molecule has 7 heteroatoms. The summed E-state index contributed by atoms with van der Waals surface area (Å²) in [6.45, 7) is 0.205. The number of methoxy groups -OCH3 is 1. The maximum absolute atomic E-state index is 12.0. The van der Waals surface area contributed by atoms with Gasteiger partial charge in [-0.3, -0.25) is 4.79 Å². The number of thiophene rings is 1.